The molecule has 5 heteroatoms. The van der Waals surface area contributed by atoms with Crippen molar-refractivity contribution in [1.29, 1.82) is 0 Å². The molecule has 1 unspecified atom stereocenters. The molecular weight excluding hydrogens is 326 g/mol. The number of H-pyrrole nitrogens is 1. The minimum absolute atomic E-state index is 0.127. The van der Waals surface area contributed by atoms with Crippen molar-refractivity contribution < 1.29 is 4.42 Å². The van der Waals surface area contributed by atoms with Crippen molar-refractivity contribution in [2.75, 3.05) is 0 Å². The first-order valence-electron chi connectivity index (χ1n) is 8.54. The number of fused-ring (bicyclic) bond motifs is 1. The van der Waals surface area contributed by atoms with Gasteiger partial charge in [0.25, 0.3) is 0 Å². The largest absolute Gasteiger partial charge is 0.417 e. The van der Waals surface area contributed by atoms with Crippen LogP contribution in [0.3, 0.4) is 0 Å². The van der Waals surface area contributed by atoms with Crippen LogP contribution in [0.2, 0.25) is 0 Å². The van der Waals surface area contributed by atoms with Crippen LogP contribution in [0.15, 0.2) is 76.2 Å². The lowest BCUT2D eigenvalue weighted by Crippen LogP contribution is -2.18. The van der Waals surface area contributed by atoms with Gasteiger partial charge in [0, 0.05) is 25.0 Å². The molecule has 0 bridgehead atoms. The molecule has 5 nitrogen and oxygen atoms in total. The van der Waals surface area contributed by atoms with Gasteiger partial charge in [0.05, 0.1) is 5.52 Å². The number of nitrogens with one attached hydrogen (secondary N) is 2. The van der Waals surface area contributed by atoms with Crippen LogP contribution in [0.1, 0.15) is 24.1 Å². The Kier molecular flexibility index (Phi) is 4.37. The summed E-state index contributed by atoms with van der Waals surface area (Å²) in [6, 6.07) is 18.3. The summed E-state index contributed by atoms with van der Waals surface area (Å²) in [5.74, 6) is -0.426. The highest BCUT2D eigenvalue weighted by Gasteiger charge is 2.09. The van der Waals surface area contributed by atoms with Crippen LogP contribution >= 0.6 is 0 Å². The number of rotatable bonds is 5. The number of hydrogen-bond acceptors (Lipinski definition) is 4. The second-order valence-corrected chi connectivity index (χ2v) is 6.31. The third-order valence-corrected chi connectivity index (χ3v) is 4.48. The maximum absolute atomic E-state index is 11.3. The molecule has 0 aliphatic heterocycles. The quantitative estimate of drug-likeness (QED) is 0.573. The van der Waals surface area contributed by atoms with E-state index < -0.39 is 5.76 Å². The van der Waals surface area contributed by atoms with Crippen molar-refractivity contribution in [3.05, 3.63) is 88.7 Å². The van der Waals surface area contributed by atoms with Crippen LogP contribution in [0.4, 0.5) is 0 Å². The SMILES string of the molecule is CC(NCc1cccc(-c2cccnc2)c1)c1ccc2[nH]c(=O)oc2c1. The van der Waals surface area contributed by atoms with E-state index in [0.717, 1.165) is 28.8 Å². The first-order chi connectivity index (χ1) is 12.7. The monoisotopic (exact) mass is 345 g/mol. The van der Waals surface area contributed by atoms with Crippen molar-refractivity contribution in [3.8, 4) is 11.1 Å². The molecule has 0 aliphatic rings. The van der Waals surface area contributed by atoms with Gasteiger partial charge in [0.15, 0.2) is 5.58 Å². The Balaban J connectivity index is 1.48. The molecule has 0 aliphatic carbocycles. The zero-order valence-corrected chi connectivity index (χ0v) is 14.4. The lowest BCUT2D eigenvalue weighted by Gasteiger charge is -2.15. The van der Waals surface area contributed by atoms with Gasteiger partial charge in [-0.05, 0) is 53.4 Å². The fraction of sp³-hybridized carbons (Fsp3) is 0.143. The van der Waals surface area contributed by atoms with E-state index in [-0.39, 0.29) is 6.04 Å². The summed E-state index contributed by atoms with van der Waals surface area (Å²) >= 11 is 0. The van der Waals surface area contributed by atoms with Gasteiger partial charge in [-0.1, -0.05) is 30.3 Å². The molecule has 0 radical (unpaired) electrons. The van der Waals surface area contributed by atoms with E-state index in [9.17, 15) is 4.79 Å². The van der Waals surface area contributed by atoms with E-state index in [1.165, 1.54) is 5.56 Å². The van der Waals surface area contributed by atoms with Crippen LogP contribution in [-0.2, 0) is 6.54 Å². The van der Waals surface area contributed by atoms with Crippen molar-refractivity contribution in [2.45, 2.75) is 19.5 Å². The van der Waals surface area contributed by atoms with Gasteiger partial charge in [-0.25, -0.2) is 4.79 Å². The van der Waals surface area contributed by atoms with Crippen LogP contribution in [0.5, 0.6) is 0 Å². The minimum Gasteiger partial charge on any atom is -0.408 e. The average molecular weight is 345 g/mol. The number of hydrogen-bond donors (Lipinski definition) is 2. The van der Waals surface area contributed by atoms with E-state index in [0.29, 0.717) is 5.58 Å². The lowest BCUT2D eigenvalue weighted by atomic mass is 10.0. The number of aromatic nitrogens is 2. The fourth-order valence-corrected chi connectivity index (χ4v) is 3.01. The number of nitrogens with zero attached hydrogens (tertiary/aromatic N) is 1. The number of oxazole rings is 1. The van der Waals surface area contributed by atoms with Gasteiger partial charge in [0.2, 0.25) is 0 Å². The second kappa shape index (κ2) is 6.98. The molecule has 0 fully saturated rings. The van der Waals surface area contributed by atoms with Gasteiger partial charge >= 0.3 is 5.76 Å². The van der Waals surface area contributed by atoms with Gasteiger partial charge < -0.3 is 9.73 Å². The van der Waals surface area contributed by atoms with Gasteiger partial charge in [-0.3, -0.25) is 9.97 Å². The highest BCUT2D eigenvalue weighted by Crippen LogP contribution is 2.21. The molecule has 1 atom stereocenters. The zero-order chi connectivity index (χ0) is 17.9. The summed E-state index contributed by atoms with van der Waals surface area (Å²) in [5.41, 5.74) is 5.84. The summed E-state index contributed by atoms with van der Waals surface area (Å²) in [6.45, 7) is 2.83. The third kappa shape index (κ3) is 3.43. The molecule has 0 spiro atoms. The topological polar surface area (TPSA) is 70.9 Å². The average Bonchev–Trinajstić information content (AvgIpc) is 3.06. The summed E-state index contributed by atoms with van der Waals surface area (Å²) < 4.78 is 5.14. The maximum atomic E-state index is 11.3. The molecule has 130 valence electrons. The van der Waals surface area contributed by atoms with Crippen molar-refractivity contribution in [1.82, 2.24) is 15.3 Å². The summed E-state index contributed by atoms with van der Waals surface area (Å²) in [4.78, 5) is 18.1. The van der Waals surface area contributed by atoms with E-state index in [4.69, 9.17) is 4.42 Å². The second-order valence-electron chi connectivity index (χ2n) is 6.31. The van der Waals surface area contributed by atoms with Gasteiger partial charge in [0.1, 0.15) is 0 Å². The predicted molar refractivity (Wildman–Crippen MR) is 102 cm³/mol. The number of benzene rings is 2. The molecule has 0 saturated carbocycles. The Bertz CT molecular complexity index is 1080. The molecule has 26 heavy (non-hydrogen) atoms. The Labute approximate surface area is 150 Å². The van der Waals surface area contributed by atoms with E-state index >= 15 is 0 Å². The molecule has 2 N–H and O–H groups in total. The van der Waals surface area contributed by atoms with E-state index in [1.54, 1.807) is 6.20 Å². The first-order valence-corrected chi connectivity index (χ1v) is 8.54. The standard InChI is InChI=1S/C21H19N3O2/c1-14(16-7-8-19-20(11-16)26-21(25)24-19)23-12-15-4-2-5-17(10-15)18-6-3-9-22-13-18/h2-11,13-14,23H,12H2,1H3,(H,24,25). The van der Waals surface area contributed by atoms with Gasteiger partial charge in [-0.2, -0.15) is 0 Å². The van der Waals surface area contributed by atoms with Crippen LogP contribution in [0.25, 0.3) is 22.2 Å². The van der Waals surface area contributed by atoms with Crippen LogP contribution in [-0.4, -0.2) is 9.97 Å². The Morgan fingerprint density at radius 2 is 2.00 bits per heavy atom. The lowest BCUT2D eigenvalue weighted by molar-refractivity contribution is 0.550. The van der Waals surface area contributed by atoms with Crippen LogP contribution < -0.4 is 11.1 Å². The van der Waals surface area contributed by atoms with Gasteiger partial charge in [-0.15, -0.1) is 0 Å². The molecule has 2 heterocycles. The minimum atomic E-state index is -0.426. The molecule has 0 amide bonds. The normalized spacial score (nSPS) is 12.3. The first kappa shape index (κ1) is 16.3. The highest BCUT2D eigenvalue weighted by molar-refractivity contribution is 5.72. The number of aromatic amines is 1. The molecule has 0 saturated heterocycles. The molecule has 2 aromatic carbocycles. The van der Waals surface area contributed by atoms with E-state index in [2.05, 4.69) is 52.5 Å². The Morgan fingerprint density at radius 1 is 1.12 bits per heavy atom. The summed E-state index contributed by atoms with van der Waals surface area (Å²) in [5, 5.41) is 3.52. The number of pyridine rings is 1. The highest BCUT2D eigenvalue weighted by atomic mass is 16.4. The third-order valence-electron chi connectivity index (χ3n) is 4.48. The van der Waals surface area contributed by atoms with Crippen molar-refractivity contribution >= 4 is 11.1 Å². The Morgan fingerprint density at radius 3 is 2.85 bits per heavy atom. The molecule has 4 aromatic rings. The summed E-state index contributed by atoms with van der Waals surface area (Å²) in [7, 11) is 0. The predicted octanol–water partition coefficient (Wildman–Crippen LogP) is 4.03. The van der Waals surface area contributed by atoms with Crippen LogP contribution in [0, 0.1) is 0 Å². The summed E-state index contributed by atoms with van der Waals surface area (Å²) in [6.07, 6.45) is 3.65. The smallest absolute Gasteiger partial charge is 0.408 e. The van der Waals surface area contributed by atoms with Crippen molar-refractivity contribution in [2.24, 2.45) is 0 Å². The van der Waals surface area contributed by atoms with Crippen molar-refractivity contribution in [3.63, 3.8) is 0 Å². The fourth-order valence-electron chi connectivity index (χ4n) is 3.01. The zero-order valence-electron chi connectivity index (χ0n) is 14.4. The maximum Gasteiger partial charge on any atom is 0.417 e. The molecular formula is C21H19N3O2. The molecule has 2 aromatic heterocycles. The molecule has 4 rings (SSSR count). The van der Waals surface area contributed by atoms with E-state index in [1.807, 2.05) is 30.5 Å². The Hall–Kier alpha value is -3.18.